The van der Waals surface area contributed by atoms with E-state index in [1.807, 2.05) is 0 Å². The highest BCUT2D eigenvalue weighted by Gasteiger charge is 2.35. The normalized spacial score (nSPS) is 22.8. The molecule has 2 heterocycles. The predicted molar refractivity (Wildman–Crippen MR) is 93.5 cm³/mol. The van der Waals surface area contributed by atoms with Crippen LogP contribution >= 0.6 is 0 Å². The van der Waals surface area contributed by atoms with Gasteiger partial charge in [0, 0.05) is 33.7 Å². The Bertz CT molecular complexity index is 728. The second-order valence-corrected chi connectivity index (χ2v) is 8.92. The van der Waals surface area contributed by atoms with Gasteiger partial charge >= 0.3 is 0 Å². The van der Waals surface area contributed by atoms with Gasteiger partial charge in [0.15, 0.2) is 0 Å². The summed E-state index contributed by atoms with van der Waals surface area (Å²) >= 11 is 0. The van der Waals surface area contributed by atoms with E-state index in [9.17, 15) is 18.3 Å². The Labute approximate surface area is 149 Å². The number of nitrogens with one attached hydrogen (secondary N) is 1. The largest absolute Gasteiger partial charge is 0.466 e. The molecule has 1 aromatic rings. The maximum Gasteiger partial charge on any atom is 0.281 e. The van der Waals surface area contributed by atoms with Gasteiger partial charge in [-0.15, -0.1) is 0 Å². The van der Waals surface area contributed by atoms with E-state index in [-0.39, 0.29) is 25.4 Å². The first-order valence-electron chi connectivity index (χ1n) is 8.30. The van der Waals surface area contributed by atoms with Crippen molar-refractivity contribution in [1.29, 1.82) is 0 Å². The first-order valence-corrected chi connectivity index (χ1v) is 9.70. The summed E-state index contributed by atoms with van der Waals surface area (Å²) < 4.78 is 32.3. The number of rotatable bonds is 5. The van der Waals surface area contributed by atoms with Crippen LogP contribution in [0.3, 0.4) is 0 Å². The third-order valence-corrected chi connectivity index (χ3v) is 6.47. The lowest BCUT2D eigenvalue weighted by molar-refractivity contribution is 0.0264. The average Bonchev–Trinajstić information content (AvgIpc) is 2.74. The number of carbonyl (C=O) groups excluding carboxylic acids is 1. The lowest BCUT2D eigenvalue weighted by atomic mass is 9.95. The standard InChI is InChI=1S/C16H27N3O5S/c1-12-10-14(13(2)24-12)15(20)17-11-16(21)6-5-8-19(9-7-16)25(22,23)18(3)4/h10,21H,5-9,11H2,1-4H3,(H,17,20)/t16-/m0/s1. The molecule has 0 radical (unpaired) electrons. The van der Waals surface area contributed by atoms with Crippen LogP contribution in [0.25, 0.3) is 0 Å². The highest BCUT2D eigenvalue weighted by molar-refractivity contribution is 7.86. The molecule has 1 atom stereocenters. The van der Waals surface area contributed by atoms with Gasteiger partial charge in [-0.05, 0) is 39.2 Å². The number of furan rings is 1. The number of aliphatic hydroxyl groups is 1. The first kappa shape index (κ1) is 19.9. The second-order valence-electron chi connectivity index (χ2n) is 6.78. The predicted octanol–water partition coefficient (Wildman–Crippen LogP) is 0.650. The monoisotopic (exact) mass is 373 g/mol. The number of hydrogen-bond donors (Lipinski definition) is 2. The molecule has 1 aliphatic rings. The van der Waals surface area contributed by atoms with Crippen LogP contribution in [-0.4, -0.2) is 67.4 Å². The van der Waals surface area contributed by atoms with Gasteiger partial charge in [0.1, 0.15) is 11.5 Å². The van der Waals surface area contributed by atoms with Gasteiger partial charge in [-0.25, -0.2) is 0 Å². The van der Waals surface area contributed by atoms with Gasteiger partial charge in [-0.2, -0.15) is 17.0 Å². The Morgan fingerprint density at radius 2 is 2.04 bits per heavy atom. The quantitative estimate of drug-likeness (QED) is 0.789. The Kier molecular flexibility index (Phi) is 5.93. The summed E-state index contributed by atoms with van der Waals surface area (Å²) in [5, 5.41) is 13.5. The molecule has 1 aromatic heterocycles. The molecule has 0 bridgehead atoms. The SMILES string of the molecule is Cc1cc(C(=O)NC[C@]2(O)CCCN(S(=O)(=O)N(C)C)CC2)c(C)o1. The second kappa shape index (κ2) is 7.45. The molecule has 2 rings (SSSR count). The maximum absolute atomic E-state index is 12.3. The Hall–Kier alpha value is -1.42. The summed E-state index contributed by atoms with van der Waals surface area (Å²) in [6, 6.07) is 1.66. The molecular formula is C16H27N3O5S. The molecular weight excluding hydrogens is 346 g/mol. The number of amides is 1. The molecule has 0 aliphatic carbocycles. The zero-order valence-electron chi connectivity index (χ0n) is 15.2. The van der Waals surface area contributed by atoms with E-state index >= 15 is 0 Å². The van der Waals surface area contributed by atoms with Gasteiger partial charge in [0.2, 0.25) is 0 Å². The Balaban J connectivity index is 1.98. The van der Waals surface area contributed by atoms with Crippen LogP contribution < -0.4 is 5.32 Å². The highest BCUT2D eigenvalue weighted by Crippen LogP contribution is 2.24. The molecule has 8 nitrogen and oxygen atoms in total. The van der Waals surface area contributed by atoms with Crippen molar-refractivity contribution in [1.82, 2.24) is 13.9 Å². The summed E-state index contributed by atoms with van der Waals surface area (Å²) in [4.78, 5) is 12.3. The van der Waals surface area contributed by atoms with Crippen LogP contribution in [0.4, 0.5) is 0 Å². The third-order valence-electron chi connectivity index (χ3n) is 4.53. The van der Waals surface area contributed by atoms with Gasteiger partial charge < -0.3 is 14.8 Å². The fourth-order valence-electron chi connectivity index (χ4n) is 2.99. The van der Waals surface area contributed by atoms with Crippen LogP contribution in [0.1, 0.15) is 41.1 Å². The maximum atomic E-state index is 12.3. The number of nitrogens with zero attached hydrogens (tertiary/aromatic N) is 2. The molecule has 0 spiro atoms. The molecule has 25 heavy (non-hydrogen) atoms. The Morgan fingerprint density at radius 1 is 1.36 bits per heavy atom. The molecule has 0 aromatic carbocycles. The van der Waals surface area contributed by atoms with E-state index in [4.69, 9.17) is 4.42 Å². The summed E-state index contributed by atoms with van der Waals surface area (Å²) in [5.41, 5.74) is -0.676. The minimum Gasteiger partial charge on any atom is -0.466 e. The van der Waals surface area contributed by atoms with Crippen LogP contribution in [0.5, 0.6) is 0 Å². The summed E-state index contributed by atoms with van der Waals surface area (Å²) in [6.07, 6.45) is 1.23. The van der Waals surface area contributed by atoms with Crippen LogP contribution in [0, 0.1) is 13.8 Å². The highest BCUT2D eigenvalue weighted by atomic mass is 32.2. The topological polar surface area (TPSA) is 103 Å². The average molecular weight is 373 g/mol. The van der Waals surface area contributed by atoms with E-state index in [0.717, 1.165) is 0 Å². The summed E-state index contributed by atoms with van der Waals surface area (Å²) in [5.74, 6) is 0.885. The van der Waals surface area contributed by atoms with Gasteiger partial charge in [0.05, 0.1) is 11.2 Å². The summed E-state index contributed by atoms with van der Waals surface area (Å²) in [7, 11) is -0.519. The van der Waals surface area contributed by atoms with E-state index in [0.29, 0.717) is 36.5 Å². The van der Waals surface area contributed by atoms with Gasteiger partial charge in [-0.3, -0.25) is 4.79 Å². The van der Waals surface area contributed by atoms with E-state index in [1.165, 1.54) is 22.7 Å². The molecule has 1 saturated heterocycles. The van der Waals surface area contributed by atoms with Crippen molar-refractivity contribution in [3.8, 4) is 0 Å². The minimum atomic E-state index is -3.49. The van der Waals surface area contributed by atoms with Crippen molar-refractivity contribution in [3.63, 3.8) is 0 Å². The molecule has 1 fully saturated rings. The lowest BCUT2D eigenvalue weighted by Crippen LogP contribution is -2.45. The smallest absolute Gasteiger partial charge is 0.281 e. The molecule has 9 heteroatoms. The van der Waals surface area contributed by atoms with E-state index < -0.39 is 15.8 Å². The van der Waals surface area contributed by atoms with E-state index in [2.05, 4.69) is 5.32 Å². The zero-order valence-corrected chi connectivity index (χ0v) is 16.0. The van der Waals surface area contributed by atoms with Crippen molar-refractivity contribution in [2.45, 2.75) is 38.7 Å². The zero-order chi connectivity index (χ0) is 18.8. The summed E-state index contributed by atoms with van der Waals surface area (Å²) in [6.45, 7) is 4.13. The van der Waals surface area contributed by atoms with Crippen LogP contribution in [-0.2, 0) is 10.2 Å². The first-order chi connectivity index (χ1) is 11.5. The molecule has 0 saturated carbocycles. The van der Waals surface area contributed by atoms with Crippen molar-refractivity contribution >= 4 is 16.1 Å². The van der Waals surface area contributed by atoms with Crippen molar-refractivity contribution in [3.05, 3.63) is 23.2 Å². The van der Waals surface area contributed by atoms with Gasteiger partial charge in [-0.1, -0.05) is 0 Å². The fraction of sp³-hybridized carbons (Fsp3) is 0.688. The molecule has 142 valence electrons. The number of aryl methyl sites for hydroxylation is 2. The molecule has 2 N–H and O–H groups in total. The van der Waals surface area contributed by atoms with Crippen molar-refractivity contribution < 1.29 is 22.7 Å². The van der Waals surface area contributed by atoms with E-state index in [1.54, 1.807) is 19.9 Å². The molecule has 1 amide bonds. The third kappa shape index (κ3) is 4.60. The fourth-order valence-corrected chi connectivity index (χ4v) is 4.13. The number of carbonyl (C=O) groups is 1. The molecule has 0 unspecified atom stereocenters. The number of hydrogen-bond acceptors (Lipinski definition) is 5. The van der Waals surface area contributed by atoms with Crippen LogP contribution in [0.15, 0.2) is 10.5 Å². The minimum absolute atomic E-state index is 0.0748. The van der Waals surface area contributed by atoms with Crippen LogP contribution in [0.2, 0.25) is 0 Å². The lowest BCUT2D eigenvalue weighted by Gasteiger charge is -2.27. The van der Waals surface area contributed by atoms with Crippen molar-refractivity contribution in [2.24, 2.45) is 0 Å². The molecule has 1 aliphatic heterocycles. The Morgan fingerprint density at radius 3 is 2.60 bits per heavy atom. The van der Waals surface area contributed by atoms with Crippen molar-refractivity contribution in [2.75, 3.05) is 33.7 Å². The van der Waals surface area contributed by atoms with Gasteiger partial charge in [0.25, 0.3) is 16.1 Å².